The Labute approximate surface area is 170 Å². The number of piperidine rings is 1. The summed E-state index contributed by atoms with van der Waals surface area (Å²) in [6.45, 7) is 7.06. The number of fused-ring (bicyclic) bond motifs is 1. The fourth-order valence-corrected chi connectivity index (χ4v) is 5.18. The van der Waals surface area contributed by atoms with E-state index in [0.29, 0.717) is 17.6 Å². The predicted molar refractivity (Wildman–Crippen MR) is 114 cm³/mol. The second-order valence-corrected chi connectivity index (χ2v) is 9.02. The minimum atomic E-state index is 0.244. The molecule has 0 radical (unpaired) electrons. The monoisotopic (exact) mass is 394 g/mol. The summed E-state index contributed by atoms with van der Waals surface area (Å²) in [5.41, 5.74) is 3.53. The minimum Gasteiger partial charge on any atom is -0.341 e. The molecule has 5 heteroatoms. The Hall–Kier alpha value is -2.27. The molecule has 4 nitrogen and oxygen atoms in total. The van der Waals surface area contributed by atoms with Crippen LogP contribution in [-0.2, 0) is 11.3 Å². The number of benzene rings is 2. The third kappa shape index (κ3) is 4.25. The van der Waals surface area contributed by atoms with Gasteiger partial charge in [0, 0.05) is 13.1 Å². The highest BCUT2D eigenvalue weighted by Crippen LogP contribution is 2.23. The number of amides is 1. The highest BCUT2D eigenvalue weighted by Gasteiger charge is 2.27. The minimum absolute atomic E-state index is 0.244. The van der Waals surface area contributed by atoms with Crippen LogP contribution in [0.25, 0.3) is 11.0 Å². The van der Waals surface area contributed by atoms with Crippen LogP contribution in [0.4, 0.5) is 0 Å². The number of likely N-dealkylation sites (tertiary alicyclic amines) is 1. The van der Waals surface area contributed by atoms with Gasteiger partial charge in [-0.2, -0.15) is 0 Å². The van der Waals surface area contributed by atoms with Gasteiger partial charge in [-0.3, -0.25) is 4.79 Å². The SMILES string of the molecule is CC1CC(C)CN(C(=O)CSc2[nH]c3ccccc3[n+]2Cc2ccccc2)C1. The molecule has 2 unspecified atom stereocenters. The lowest BCUT2D eigenvalue weighted by Crippen LogP contribution is -2.43. The summed E-state index contributed by atoms with van der Waals surface area (Å²) in [4.78, 5) is 18.4. The van der Waals surface area contributed by atoms with Crippen molar-refractivity contribution in [1.29, 1.82) is 0 Å². The summed E-state index contributed by atoms with van der Waals surface area (Å²) >= 11 is 1.61. The Morgan fingerprint density at radius 2 is 1.75 bits per heavy atom. The molecule has 1 aliphatic heterocycles. The topological polar surface area (TPSA) is 40.0 Å². The molecule has 1 N–H and O–H groups in total. The van der Waals surface area contributed by atoms with Crippen molar-refractivity contribution in [2.24, 2.45) is 11.8 Å². The maximum atomic E-state index is 12.8. The Balaban J connectivity index is 1.53. The first-order valence-electron chi connectivity index (χ1n) is 10.0. The van der Waals surface area contributed by atoms with Gasteiger partial charge in [0.15, 0.2) is 11.0 Å². The number of hydrogen-bond acceptors (Lipinski definition) is 2. The number of para-hydroxylation sites is 2. The van der Waals surface area contributed by atoms with E-state index in [0.717, 1.165) is 30.3 Å². The summed E-state index contributed by atoms with van der Waals surface area (Å²) < 4.78 is 2.28. The van der Waals surface area contributed by atoms with Crippen molar-refractivity contribution in [3.63, 3.8) is 0 Å². The van der Waals surface area contributed by atoms with Gasteiger partial charge in [-0.1, -0.05) is 56.3 Å². The number of aromatic nitrogens is 2. The zero-order valence-electron chi connectivity index (χ0n) is 16.6. The molecular weight excluding hydrogens is 366 g/mol. The Morgan fingerprint density at radius 1 is 1.07 bits per heavy atom. The van der Waals surface area contributed by atoms with E-state index in [1.807, 2.05) is 12.1 Å². The van der Waals surface area contributed by atoms with E-state index in [9.17, 15) is 4.79 Å². The normalized spacial score (nSPS) is 19.9. The van der Waals surface area contributed by atoms with Crippen LogP contribution in [0.3, 0.4) is 0 Å². The molecule has 2 heterocycles. The van der Waals surface area contributed by atoms with Gasteiger partial charge in [0.2, 0.25) is 5.91 Å². The van der Waals surface area contributed by atoms with Crippen LogP contribution in [0, 0.1) is 11.8 Å². The maximum absolute atomic E-state index is 12.8. The van der Waals surface area contributed by atoms with Crippen molar-refractivity contribution in [1.82, 2.24) is 9.88 Å². The molecule has 0 bridgehead atoms. The second kappa shape index (κ2) is 8.39. The van der Waals surface area contributed by atoms with Gasteiger partial charge < -0.3 is 4.90 Å². The quantitative estimate of drug-likeness (QED) is 0.523. The van der Waals surface area contributed by atoms with E-state index in [4.69, 9.17) is 0 Å². The number of hydrogen-bond donors (Lipinski definition) is 1. The second-order valence-electron chi connectivity index (χ2n) is 8.05. The van der Waals surface area contributed by atoms with Gasteiger partial charge in [-0.05, 0) is 47.7 Å². The highest BCUT2D eigenvalue weighted by molar-refractivity contribution is 7.99. The molecule has 3 aromatic rings. The van der Waals surface area contributed by atoms with Crippen molar-refractivity contribution >= 4 is 28.7 Å². The van der Waals surface area contributed by atoms with Gasteiger partial charge >= 0.3 is 5.16 Å². The van der Waals surface area contributed by atoms with Gasteiger partial charge in [0.05, 0.1) is 5.75 Å². The van der Waals surface area contributed by atoms with E-state index in [1.54, 1.807) is 11.8 Å². The van der Waals surface area contributed by atoms with Crippen LogP contribution in [0.5, 0.6) is 0 Å². The summed E-state index contributed by atoms with van der Waals surface area (Å²) in [6.07, 6.45) is 1.22. The number of imidazole rings is 1. The van der Waals surface area contributed by atoms with Gasteiger partial charge in [-0.25, -0.2) is 9.55 Å². The molecule has 1 aromatic heterocycles. The van der Waals surface area contributed by atoms with E-state index in [-0.39, 0.29) is 5.91 Å². The fourth-order valence-electron chi connectivity index (χ4n) is 4.23. The number of H-pyrrole nitrogens is 1. The molecule has 28 heavy (non-hydrogen) atoms. The zero-order valence-corrected chi connectivity index (χ0v) is 17.4. The Morgan fingerprint density at radius 3 is 2.50 bits per heavy atom. The summed E-state index contributed by atoms with van der Waals surface area (Å²) in [7, 11) is 0. The molecule has 0 spiro atoms. The lowest BCUT2D eigenvalue weighted by atomic mass is 9.92. The number of nitrogens with one attached hydrogen (secondary N) is 1. The van der Waals surface area contributed by atoms with Gasteiger partial charge in [-0.15, -0.1) is 0 Å². The summed E-state index contributed by atoms with van der Waals surface area (Å²) in [5.74, 6) is 1.90. The first kappa shape index (κ1) is 19.1. The molecule has 0 aliphatic carbocycles. The van der Waals surface area contributed by atoms with Crippen LogP contribution in [-0.4, -0.2) is 34.6 Å². The number of aromatic amines is 1. The lowest BCUT2D eigenvalue weighted by Gasteiger charge is -2.34. The Bertz CT molecular complexity index is 943. The van der Waals surface area contributed by atoms with Crippen molar-refractivity contribution < 1.29 is 9.36 Å². The van der Waals surface area contributed by atoms with E-state index < -0.39 is 0 Å². The van der Waals surface area contributed by atoms with Crippen LogP contribution in [0.15, 0.2) is 59.8 Å². The average Bonchev–Trinajstić information content (AvgIpc) is 3.04. The average molecular weight is 395 g/mol. The molecule has 4 rings (SSSR count). The number of nitrogens with zero attached hydrogens (tertiary/aromatic N) is 2. The first-order chi connectivity index (χ1) is 13.6. The van der Waals surface area contributed by atoms with E-state index in [2.05, 4.69) is 70.8 Å². The van der Waals surface area contributed by atoms with Gasteiger partial charge in [0.25, 0.3) is 0 Å². The highest BCUT2D eigenvalue weighted by atomic mass is 32.2. The van der Waals surface area contributed by atoms with E-state index >= 15 is 0 Å². The number of thioether (sulfide) groups is 1. The molecule has 1 saturated heterocycles. The molecule has 146 valence electrons. The third-order valence-corrected chi connectivity index (χ3v) is 6.41. The van der Waals surface area contributed by atoms with Gasteiger partial charge in [0.1, 0.15) is 6.54 Å². The van der Waals surface area contributed by atoms with Crippen LogP contribution < -0.4 is 4.57 Å². The van der Waals surface area contributed by atoms with Crippen molar-refractivity contribution in [3.8, 4) is 0 Å². The standard InChI is InChI=1S/C23H27N3OS/c1-17-12-18(2)14-25(13-17)22(27)16-28-23-24-20-10-6-7-11-21(20)26(23)15-19-8-4-3-5-9-19/h3-11,17-18H,12-16H2,1-2H3/p+1. The van der Waals surface area contributed by atoms with Crippen molar-refractivity contribution in [2.75, 3.05) is 18.8 Å². The lowest BCUT2D eigenvalue weighted by molar-refractivity contribution is -0.700. The molecule has 0 saturated carbocycles. The molecule has 1 amide bonds. The van der Waals surface area contributed by atoms with Crippen LogP contribution in [0.1, 0.15) is 25.8 Å². The molecular formula is C23H28N3OS+. The largest absolute Gasteiger partial charge is 0.341 e. The number of rotatable bonds is 5. The smallest absolute Gasteiger partial charge is 0.317 e. The Kier molecular flexibility index (Phi) is 5.72. The van der Waals surface area contributed by atoms with Crippen LogP contribution >= 0.6 is 11.8 Å². The third-order valence-electron chi connectivity index (χ3n) is 5.42. The zero-order chi connectivity index (χ0) is 19.5. The fraction of sp³-hybridized carbons (Fsp3) is 0.391. The number of carbonyl (C=O) groups excluding carboxylic acids is 1. The summed E-state index contributed by atoms with van der Waals surface area (Å²) in [6, 6.07) is 18.8. The molecule has 2 atom stereocenters. The molecule has 1 fully saturated rings. The number of carbonyl (C=O) groups is 1. The molecule has 2 aromatic carbocycles. The maximum Gasteiger partial charge on any atom is 0.317 e. The van der Waals surface area contributed by atoms with Crippen molar-refractivity contribution in [2.45, 2.75) is 32.0 Å². The summed E-state index contributed by atoms with van der Waals surface area (Å²) in [5, 5.41) is 1.04. The molecule has 1 aliphatic rings. The van der Waals surface area contributed by atoms with Crippen molar-refractivity contribution in [3.05, 3.63) is 60.2 Å². The first-order valence-corrected chi connectivity index (χ1v) is 11.0. The van der Waals surface area contributed by atoms with Crippen LogP contribution in [0.2, 0.25) is 0 Å². The van der Waals surface area contributed by atoms with E-state index in [1.165, 1.54) is 17.5 Å². The predicted octanol–water partition coefficient (Wildman–Crippen LogP) is 4.10.